The van der Waals surface area contributed by atoms with Crippen LogP contribution in [0.1, 0.15) is 43.7 Å². The van der Waals surface area contributed by atoms with Crippen molar-refractivity contribution in [3.8, 4) is 0 Å². The minimum Gasteiger partial charge on any atom is -0.356 e. The summed E-state index contributed by atoms with van der Waals surface area (Å²) < 4.78 is 0.659. The maximum atomic E-state index is 13.1. The van der Waals surface area contributed by atoms with E-state index in [4.69, 9.17) is 17.2 Å². The molecule has 3 aromatic rings. The molecule has 2 aliphatic heterocycles. The normalized spacial score (nSPS) is 18.3. The minimum atomic E-state index is 0.0223. The van der Waals surface area contributed by atoms with Crippen LogP contribution in [0, 0.1) is 5.92 Å². The van der Waals surface area contributed by atoms with Crippen molar-refractivity contribution in [3.05, 3.63) is 76.7 Å². The molecular weight excluding hydrogens is 470 g/mol. The highest BCUT2D eigenvalue weighted by atomic mass is 32.2. The molecule has 0 N–H and O–H groups in total. The summed E-state index contributed by atoms with van der Waals surface area (Å²) >= 11 is 6.94. The molecule has 2 aromatic carbocycles. The Kier molecular flexibility index (Phi) is 7.49. The highest BCUT2D eigenvalue weighted by Crippen LogP contribution is 2.36. The predicted molar refractivity (Wildman–Crippen MR) is 152 cm³/mol. The zero-order chi connectivity index (χ0) is 24.2. The molecule has 0 unspecified atom stereocenters. The molecule has 0 aliphatic carbocycles. The molecule has 35 heavy (non-hydrogen) atoms. The van der Waals surface area contributed by atoms with E-state index in [2.05, 4.69) is 60.4 Å². The van der Waals surface area contributed by atoms with Crippen molar-refractivity contribution in [2.45, 2.75) is 39.0 Å². The Labute approximate surface area is 217 Å². The van der Waals surface area contributed by atoms with Crippen LogP contribution in [0.25, 0.3) is 17.0 Å². The van der Waals surface area contributed by atoms with Gasteiger partial charge in [0.05, 0.1) is 10.4 Å². The fourth-order valence-electron chi connectivity index (χ4n) is 4.93. The predicted octanol–water partition coefficient (Wildman–Crippen LogP) is 6.70. The maximum absolute atomic E-state index is 13.1. The summed E-state index contributed by atoms with van der Waals surface area (Å²) in [6.45, 7) is 4.77. The van der Waals surface area contributed by atoms with Crippen LogP contribution >= 0.6 is 24.0 Å². The summed E-state index contributed by atoms with van der Waals surface area (Å²) in [5, 5.41) is 1.09. The van der Waals surface area contributed by atoms with Crippen molar-refractivity contribution in [3.63, 3.8) is 0 Å². The van der Waals surface area contributed by atoms with Crippen molar-refractivity contribution < 1.29 is 4.79 Å². The number of fused-ring (bicyclic) bond motifs is 1. The number of benzene rings is 2. The van der Waals surface area contributed by atoms with Gasteiger partial charge in [-0.2, -0.15) is 0 Å². The van der Waals surface area contributed by atoms with Gasteiger partial charge in [-0.25, -0.2) is 4.98 Å². The van der Waals surface area contributed by atoms with Crippen LogP contribution in [0.5, 0.6) is 0 Å². The molecule has 0 bridgehead atoms. The van der Waals surface area contributed by atoms with Crippen LogP contribution in [-0.2, 0) is 11.2 Å². The van der Waals surface area contributed by atoms with Crippen molar-refractivity contribution in [2.24, 2.45) is 5.92 Å². The highest BCUT2D eigenvalue weighted by molar-refractivity contribution is 8.26. The van der Waals surface area contributed by atoms with E-state index in [9.17, 15) is 4.79 Å². The quantitative estimate of drug-likeness (QED) is 0.266. The zero-order valence-electron chi connectivity index (χ0n) is 20.2. The molecule has 3 heterocycles. The van der Waals surface area contributed by atoms with Crippen LogP contribution in [-0.4, -0.2) is 39.7 Å². The zero-order valence-corrected chi connectivity index (χ0v) is 21.8. The number of pyridine rings is 1. The summed E-state index contributed by atoms with van der Waals surface area (Å²) in [6, 6.07) is 21.2. The Morgan fingerprint density at radius 3 is 2.60 bits per heavy atom. The number of unbranched alkanes of at least 4 members (excludes halogenated alkanes) is 1. The third kappa shape index (κ3) is 5.44. The van der Waals surface area contributed by atoms with E-state index < -0.39 is 0 Å². The summed E-state index contributed by atoms with van der Waals surface area (Å²) in [5.41, 5.74) is 3.41. The first-order valence-corrected chi connectivity index (χ1v) is 13.8. The Morgan fingerprint density at radius 2 is 1.83 bits per heavy atom. The largest absolute Gasteiger partial charge is 0.356 e. The lowest BCUT2D eigenvalue weighted by Gasteiger charge is -2.34. The first kappa shape index (κ1) is 24.0. The topological polar surface area (TPSA) is 36.4 Å². The molecule has 0 radical (unpaired) electrons. The smallest absolute Gasteiger partial charge is 0.266 e. The number of carbonyl (C=O) groups is 1. The van der Waals surface area contributed by atoms with Gasteiger partial charge in [-0.3, -0.25) is 9.69 Å². The molecular formula is C29H31N3OS2. The van der Waals surface area contributed by atoms with Crippen LogP contribution in [0.4, 0.5) is 5.82 Å². The fourth-order valence-corrected chi connectivity index (χ4v) is 6.23. The number of para-hydroxylation sites is 1. The van der Waals surface area contributed by atoms with Crippen LogP contribution in [0.15, 0.2) is 65.6 Å². The van der Waals surface area contributed by atoms with Gasteiger partial charge in [0.2, 0.25) is 0 Å². The monoisotopic (exact) mass is 501 g/mol. The van der Waals surface area contributed by atoms with E-state index in [0.717, 1.165) is 67.5 Å². The first-order chi connectivity index (χ1) is 17.1. The van der Waals surface area contributed by atoms with Gasteiger partial charge in [0.1, 0.15) is 10.1 Å². The van der Waals surface area contributed by atoms with Gasteiger partial charge in [-0.15, -0.1) is 0 Å². The summed E-state index contributed by atoms with van der Waals surface area (Å²) in [4.78, 5) is 23.0. The summed E-state index contributed by atoms with van der Waals surface area (Å²) in [7, 11) is 0. The average molecular weight is 502 g/mol. The Balaban J connectivity index is 1.40. The van der Waals surface area contributed by atoms with Crippen LogP contribution in [0.2, 0.25) is 0 Å². The van der Waals surface area contributed by atoms with Gasteiger partial charge < -0.3 is 4.90 Å². The lowest BCUT2D eigenvalue weighted by molar-refractivity contribution is -0.122. The van der Waals surface area contributed by atoms with E-state index in [1.54, 1.807) is 4.90 Å². The Bertz CT molecular complexity index is 1250. The van der Waals surface area contributed by atoms with Gasteiger partial charge in [0.25, 0.3) is 5.91 Å². The van der Waals surface area contributed by atoms with Gasteiger partial charge in [0.15, 0.2) is 0 Å². The number of hydrogen-bond donors (Lipinski definition) is 0. The third-order valence-corrected chi connectivity index (χ3v) is 8.29. The van der Waals surface area contributed by atoms with Crippen LogP contribution in [0.3, 0.4) is 0 Å². The Hall–Kier alpha value is -2.70. The van der Waals surface area contributed by atoms with Gasteiger partial charge in [-0.05, 0) is 55.4 Å². The molecule has 2 saturated heterocycles. The molecule has 4 nitrogen and oxygen atoms in total. The van der Waals surface area contributed by atoms with Crippen molar-refractivity contribution in [1.29, 1.82) is 0 Å². The second-order valence-electron chi connectivity index (χ2n) is 9.40. The number of aromatic nitrogens is 1. The number of hydrogen-bond acceptors (Lipinski definition) is 5. The summed E-state index contributed by atoms with van der Waals surface area (Å²) in [6.07, 6.45) is 7.42. The SMILES string of the molecule is CCCCN1C(=O)/C(=C/c2cc3ccccc3nc2N2CCC(Cc3ccccc3)CC2)SC1=S. The number of thioether (sulfide) groups is 1. The number of anilines is 1. The van der Waals surface area contributed by atoms with Gasteiger partial charge in [-0.1, -0.05) is 85.9 Å². The van der Waals surface area contributed by atoms with E-state index in [1.807, 2.05) is 18.2 Å². The summed E-state index contributed by atoms with van der Waals surface area (Å²) in [5.74, 6) is 1.68. The second kappa shape index (κ2) is 10.9. The molecule has 0 saturated carbocycles. The molecule has 2 aliphatic rings. The number of carbonyl (C=O) groups excluding carboxylic acids is 1. The molecule has 1 amide bonds. The fraction of sp³-hybridized carbons (Fsp3) is 0.345. The lowest BCUT2D eigenvalue weighted by Crippen LogP contribution is -2.35. The molecule has 2 fully saturated rings. The first-order valence-electron chi connectivity index (χ1n) is 12.6. The van der Waals surface area contributed by atoms with E-state index >= 15 is 0 Å². The molecule has 1 aromatic heterocycles. The minimum absolute atomic E-state index is 0.0223. The van der Waals surface area contributed by atoms with Crippen LogP contribution < -0.4 is 4.90 Å². The van der Waals surface area contributed by atoms with Gasteiger partial charge >= 0.3 is 0 Å². The number of nitrogens with zero attached hydrogens (tertiary/aromatic N) is 3. The van der Waals surface area contributed by atoms with Gasteiger partial charge in [0, 0.05) is 30.6 Å². The standard InChI is InChI=1S/C29H31N3OS2/c1-2-3-15-32-28(33)26(35-29(32)34)20-24-19-23-11-7-8-12-25(23)30-27(24)31-16-13-22(14-17-31)18-21-9-5-4-6-10-21/h4-12,19-20,22H,2-3,13-18H2,1H3/b26-20-. The number of thiocarbonyl (C=S) groups is 1. The lowest BCUT2D eigenvalue weighted by atomic mass is 9.90. The number of amides is 1. The van der Waals surface area contributed by atoms with Crippen molar-refractivity contribution >= 4 is 57.0 Å². The third-order valence-electron chi connectivity index (χ3n) is 6.91. The molecule has 0 spiro atoms. The number of piperidine rings is 1. The Morgan fingerprint density at radius 1 is 1.09 bits per heavy atom. The molecule has 5 rings (SSSR count). The molecule has 6 heteroatoms. The van der Waals surface area contributed by atoms with E-state index in [-0.39, 0.29) is 5.91 Å². The second-order valence-corrected chi connectivity index (χ2v) is 11.1. The van der Waals surface area contributed by atoms with Crippen molar-refractivity contribution in [2.75, 3.05) is 24.5 Å². The molecule has 0 atom stereocenters. The average Bonchev–Trinajstić information content (AvgIpc) is 3.15. The maximum Gasteiger partial charge on any atom is 0.266 e. The molecule has 180 valence electrons. The van der Waals surface area contributed by atoms with Crippen molar-refractivity contribution in [1.82, 2.24) is 9.88 Å². The van der Waals surface area contributed by atoms with E-state index in [0.29, 0.717) is 21.7 Å². The van der Waals surface area contributed by atoms with E-state index in [1.165, 1.54) is 17.3 Å². The number of rotatable bonds is 7. The highest BCUT2D eigenvalue weighted by Gasteiger charge is 2.32.